The van der Waals surface area contributed by atoms with Crippen LogP contribution in [-0.2, 0) is 10.8 Å². The number of rotatable bonds is 8. The molecule has 3 aromatic rings. The van der Waals surface area contributed by atoms with Crippen molar-refractivity contribution in [3.05, 3.63) is 82.7 Å². The molecule has 1 fully saturated rings. The van der Waals surface area contributed by atoms with Crippen LogP contribution in [0, 0.1) is 35.0 Å². The summed E-state index contributed by atoms with van der Waals surface area (Å²) < 4.78 is 110. The van der Waals surface area contributed by atoms with Gasteiger partial charge < -0.3 is 9.47 Å². The molecule has 1 heterocycles. The smallest absolute Gasteiger partial charge is 0.429 e. The zero-order valence-electron chi connectivity index (χ0n) is 19.9. The fourth-order valence-electron chi connectivity index (χ4n) is 3.91. The van der Waals surface area contributed by atoms with E-state index >= 15 is 8.78 Å². The van der Waals surface area contributed by atoms with Crippen LogP contribution in [0.5, 0.6) is 5.75 Å². The van der Waals surface area contributed by atoms with Crippen LogP contribution in [0.25, 0.3) is 11.1 Å². The van der Waals surface area contributed by atoms with E-state index < -0.39 is 46.5 Å². The van der Waals surface area contributed by atoms with Gasteiger partial charge in [0.25, 0.3) is 0 Å². The molecule has 204 valence electrons. The van der Waals surface area contributed by atoms with Gasteiger partial charge in [0, 0.05) is 35.7 Å². The zero-order chi connectivity index (χ0) is 27.6. The number of hydrogen-bond acceptors (Lipinski definition) is 4. The highest BCUT2D eigenvalue weighted by Gasteiger charge is 2.40. The first-order chi connectivity index (χ1) is 18.0. The topological polar surface area (TPSA) is 18.5 Å². The van der Waals surface area contributed by atoms with Gasteiger partial charge in [0.1, 0.15) is 22.9 Å². The van der Waals surface area contributed by atoms with E-state index in [1.807, 2.05) is 6.92 Å². The summed E-state index contributed by atoms with van der Waals surface area (Å²) in [4.78, 5) is 0. The highest BCUT2D eigenvalue weighted by Crippen LogP contribution is 2.46. The minimum Gasteiger partial charge on any atom is -0.429 e. The van der Waals surface area contributed by atoms with Crippen molar-refractivity contribution in [3.63, 3.8) is 0 Å². The molecule has 1 aliphatic heterocycles. The van der Waals surface area contributed by atoms with Gasteiger partial charge in [-0.05, 0) is 59.8 Å². The monoisotopic (exact) mass is 594 g/mol. The van der Waals surface area contributed by atoms with Crippen LogP contribution in [-0.4, -0.2) is 24.7 Å². The Kier molecular flexibility index (Phi) is 9.22. The van der Waals surface area contributed by atoms with Crippen LogP contribution in [0.3, 0.4) is 0 Å². The maximum Gasteiger partial charge on any atom is 0.430 e. The number of benzene rings is 3. The summed E-state index contributed by atoms with van der Waals surface area (Å²) in [5.41, 5.74) is -1.18. The Hall–Kier alpha value is -1.94. The van der Waals surface area contributed by atoms with Gasteiger partial charge in [-0.2, -0.15) is 8.78 Å². The SMILES string of the molecule is CCOCC1CSC(c2cc(F)c(C(F)(F)Oc3ccc(-c4cc(F)c(F)c(F)c4)c(F)c3)c(P)c2)SC1. The maximum atomic E-state index is 15.0. The molecule has 2 nitrogen and oxygen atoms in total. The Balaban J connectivity index is 1.52. The number of ether oxygens (including phenoxy) is 2. The molecule has 0 aromatic heterocycles. The summed E-state index contributed by atoms with van der Waals surface area (Å²) in [6, 6.07) is 6.12. The first kappa shape index (κ1) is 29.1. The highest BCUT2D eigenvalue weighted by atomic mass is 32.2. The minimum atomic E-state index is -4.17. The zero-order valence-corrected chi connectivity index (χ0v) is 22.7. The lowest BCUT2D eigenvalue weighted by Crippen LogP contribution is -2.29. The predicted octanol–water partition coefficient (Wildman–Crippen LogP) is 7.81. The molecular formula is C26H22F7O2PS2. The maximum absolute atomic E-state index is 15.0. The standard InChI is InChI=1S/C26H22F7O2PS2/c1-2-34-10-13-11-37-25(38-12-13)15-7-19(28)23(22(36)8-15)26(32,33)35-16-3-4-17(18(27)9-16)14-5-20(29)24(31)21(30)6-14/h3-9,13,25H,2,10-12,36H2,1H3. The molecule has 0 saturated carbocycles. The lowest BCUT2D eigenvalue weighted by atomic mass is 10.0. The Labute approximate surface area is 225 Å². The molecule has 0 N–H and O–H groups in total. The lowest BCUT2D eigenvalue weighted by molar-refractivity contribution is -0.186. The van der Waals surface area contributed by atoms with Gasteiger partial charge in [-0.15, -0.1) is 32.8 Å². The largest absolute Gasteiger partial charge is 0.430 e. The van der Waals surface area contributed by atoms with Crippen LogP contribution in [0.1, 0.15) is 22.6 Å². The van der Waals surface area contributed by atoms with Crippen molar-refractivity contribution in [1.29, 1.82) is 0 Å². The van der Waals surface area contributed by atoms with Crippen LogP contribution in [0.4, 0.5) is 30.7 Å². The average molecular weight is 595 g/mol. The second-order valence-corrected chi connectivity index (χ2v) is 11.7. The van der Waals surface area contributed by atoms with E-state index in [0.29, 0.717) is 42.9 Å². The number of alkyl halides is 2. The number of halogens is 7. The quantitative estimate of drug-likeness (QED) is 0.150. The van der Waals surface area contributed by atoms with Gasteiger partial charge in [0.15, 0.2) is 17.5 Å². The molecule has 1 aliphatic rings. The van der Waals surface area contributed by atoms with Gasteiger partial charge in [0.05, 0.1) is 11.2 Å². The summed E-state index contributed by atoms with van der Waals surface area (Å²) >= 11 is 3.18. The summed E-state index contributed by atoms with van der Waals surface area (Å²) in [5.74, 6) is -5.82. The normalized spacial score (nSPS) is 18.0. The summed E-state index contributed by atoms with van der Waals surface area (Å²) in [7, 11) is 2.09. The van der Waals surface area contributed by atoms with Gasteiger partial charge in [0.2, 0.25) is 0 Å². The Bertz CT molecular complexity index is 1270. The van der Waals surface area contributed by atoms with E-state index in [-0.39, 0.29) is 21.0 Å². The molecule has 0 spiro atoms. The fraction of sp³-hybridized carbons (Fsp3) is 0.308. The number of hydrogen-bond donors (Lipinski definition) is 0. The van der Waals surface area contributed by atoms with Gasteiger partial charge >= 0.3 is 6.11 Å². The van der Waals surface area contributed by atoms with Crippen molar-refractivity contribution >= 4 is 38.1 Å². The van der Waals surface area contributed by atoms with Crippen molar-refractivity contribution in [2.24, 2.45) is 5.92 Å². The van der Waals surface area contributed by atoms with Crippen molar-refractivity contribution in [1.82, 2.24) is 0 Å². The van der Waals surface area contributed by atoms with E-state index in [1.54, 1.807) is 23.5 Å². The molecule has 0 radical (unpaired) electrons. The molecule has 12 heteroatoms. The summed E-state index contributed by atoms with van der Waals surface area (Å²) in [5, 5.41) is -0.114. The molecule has 1 saturated heterocycles. The van der Waals surface area contributed by atoms with Crippen LogP contribution in [0.15, 0.2) is 42.5 Å². The Morgan fingerprint density at radius 3 is 2.13 bits per heavy atom. The minimum absolute atomic E-state index is 0.114. The first-order valence-corrected chi connectivity index (χ1v) is 14.1. The van der Waals surface area contributed by atoms with Gasteiger partial charge in [-0.1, -0.05) is 0 Å². The van der Waals surface area contributed by atoms with Crippen LogP contribution < -0.4 is 10.0 Å². The second kappa shape index (κ2) is 12.1. The molecule has 1 unspecified atom stereocenters. The van der Waals surface area contributed by atoms with Crippen molar-refractivity contribution in [2.75, 3.05) is 24.7 Å². The molecule has 0 bridgehead atoms. The van der Waals surface area contributed by atoms with Crippen molar-refractivity contribution < 1.29 is 40.2 Å². The molecule has 3 aromatic carbocycles. The average Bonchev–Trinajstić information content (AvgIpc) is 2.85. The molecule has 0 aliphatic carbocycles. The Morgan fingerprint density at radius 1 is 0.895 bits per heavy atom. The van der Waals surface area contributed by atoms with E-state index in [1.165, 1.54) is 6.07 Å². The van der Waals surface area contributed by atoms with Gasteiger partial charge in [-0.25, -0.2) is 22.0 Å². The Morgan fingerprint density at radius 2 is 1.55 bits per heavy atom. The first-order valence-electron chi connectivity index (χ1n) is 11.4. The van der Waals surface area contributed by atoms with E-state index in [0.717, 1.165) is 29.7 Å². The molecule has 1 atom stereocenters. The third-order valence-electron chi connectivity index (χ3n) is 5.71. The molecule has 38 heavy (non-hydrogen) atoms. The van der Waals surface area contributed by atoms with Crippen molar-refractivity contribution in [3.8, 4) is 16.9 Å². The second-order valence-electron chi connectivity index (χ2n) is 8.51. The van der Waals surface area contributed by atoms with E-state index in [4.69, 9.17) is 4.74 Å². The molecular weight excluding hydrogens is 572 g/mol. The van der Waals surface area contributed by atoms with E-state index in [2.05, 4.69) is 14.0 Å². The highest BCUT2D eigenvalue weighted by molar-refractivity contribution is 8.16. The van der Waals surface area contributed by atoms with Crippen molar-refractivity contribution in [2.45, 2.75) is 17.6 Å². The predicted molar refractivity (Wildman–Crippen MR) is 140 cm³/mol. The van der Waals surface area contributed by atoms with Crippen LogP contribution >= 0.6 is 32.8 Å². The molecule has 0 amide bonds. The third kappa shape index (κ3) is 6.43. The van der Waals surface area contributed by atoms with E-state index in [9.17, 15) is 22.0 Å². The molecule has 4 rings (SSSR count). The fourth-order valence-corrected chi connectivity index (χ4v) is 7.40. The third-order valence-corrected chi connectivity index (χ3v) is 9.46. The van der Waals surface area contributed by atoms with Gasteiger partial charge in [-0.3, -0.25) is 0 Å². The van der Waals surface area contributed by atoms with Crippen LogP contribution in [0.2, 0.25) is 0 Å². The summed E-state index contributed by atoms with van der Waals surface area (Å²) in [6.45, 7) is 3.17. The summed E-state index contributed by atoms with van der Waals surface area (Å²) in [6.07, 6.45) is -4.17. The number of thioether (sulfide) groups is 2. The lowest BCUT2D eigenvalue weighted by Gasteiger charge is -2.28.